The highest BCUT2D eigenvalue weighted by molar-refractivity contribution is 9.10. The fourth-order valence-electron chi connectivity index (χ4n) is 2.08. The second-order valence-corrected chi connectivity index (χ2v) is 5.29. The van der Waals surface area contributed by atoms with Crippen molar-refractivity contribution in [1.82, 2.24) is 9.78 Å². The molecule has 1 aromatic carbocycles. The summed E-state index contributed by atoms with van der Waals surface area (Å²) in [6.07, 6.45) is 1.06. The maximum atomic E-state index is 13.5. The molecule has 0 saturated heterocycles. The standard InChI is InChI=1S/C15H16BrFN2O/c1-3-10-8-11(19(4-2)18-10)9-14(20)12-6-5-7-13(17)15(12)16/h5-8H,3-4,9H2,1-2H3. The van der Waals surface area contributed by atoms with E-state index in [1.807, 2.05) is 24.6 Å². The minimum absolute atomic E-state index is 0.117. The molecule has 0 radical (unpaired) electrons. The zero-order valence-electron chi connectivity index (χ0n) is 11.5. The van der Waals surface area contributed by atoms with Gasteiger partial charge in [-0.2, -0.15) is 5.10 Å². The Morgan fingerprint density at radius 3 is 2.80 bits per heavy atom. The Hall–Kier alpha value is -1.49. The zero-order chi connectivity index (χ0) is 14.7. The lowest BCUT2D eigenvalue weighted by atomic mass is 10.1. The molecule has 1 aromatic heterocycles. The van der Waals surface area contributed by atoms with Crippen molar-refractivity contribution in [2.75, 3.05) is 0 Å². The summed E-state index contributed by atoms with van der Waals surface area (Å²) in [6.45, 7) is 4.72. The quantitative estimate of drug-likeness (QED) is 0.777. The normalized spacial score (nSPS) is 10.8. The largest absolute Gasteiger partial charge is 0.294 e. The third-order valence-corrected chi connectivity index (χ3v) is 3.98. The van der Waals surface area contributed by atoms with Crippen LogP contribution < -0.4 is 0 Å². The van der Waals surface area contributed by atoms with Crippen LogP contribution in [0.1, 0.15) is 35.6 Å². The van der Waals surface area contributed by atoms with E-state index in [1.54, 1.807) is 12.1 Å². The van der Waals surface area contributed by atoms with Crippen LogP contribution in [0, 0.1) is 5.82 Å². The number of carbonyl (C=O) groups excluding carboxylic acids is 1. The fraction of sp³-hybridized carbons (Fsp3) is 0.333. The Morgan fingerprint density at radius 2 is 2.15 bits per heavy atom. The van der Waals surface area contributed by atoms with E-state index in [-0.39, 0.29) is 16.7 Å². The molecule has 106 valence electrons. The van der Waals surface area contributed by atoms with Crippen molar-refractivity contribution in [1.29, 1.82) is 0 Å². The van der Waals surface area contributed by atoms with Crippen LogP contribution in [0.3, 0.4) is 0 Å². The number of Topliss-reactive ketones (excluding diaryl/α,β-unsaturated/α-hetero) is 1. The molecule has 0 unspecified atom stereocenters. The first kappa shape index (κ1) is 14.9. The molecule has 1 heterocycles. The number of aryl methyl sites for hydroxylation is 2. The molecule has 3 nitrogen and oxygen atoms in total. The third-order valence-electron chi connectivity index (χ3n) is 3.17. The summed E-state index contributed by atoms with van der Waals surface area (Å²) in [6, 6.07) is 6.44. The molecule has 0 atom stereocenters. The minimum Gasteiger partial charge on any atom is -0.294 e. The maximum Gasteiger partial charge on any atom is 0.170 e. The summed E-state index contributed by atoms with van der Waals surface area (Å²) < 4.78 is 15.5. The van der Waals surface area contributed by atoms with Crippen LogP contribution in [-0.2, 0) is 19.4 Å². The lowest BCUT2D eigenvalue weighted by molar-refractivity contribution is 0.0989. The van der Waals surface area contributed by atoms with Gasteiger partial charge in [0.2, 0.25) is 0 Å². The summed E-state index contributed by atoms with van der Waals surface area (Å²) in [4.78, 5) is 12.3. The van der Waals surface area contributed by atoms with Gasteiger partial charge in [-0.25, -0.2) is 4.39 Å². The van der Waals surface area contributed by atoms with E-state index < -0.39 is 5.82 Å². The van der Waals surface area contributed by atoms with E-state index in [1.165, 1.54) is 6.07 Å². The number of hydrogen-bond acceptors (Lipinski definition) is 2. The molecule has 2 aromatic rings. The number of rotatable bonds is 5. The van der Waals surface area contributed by atoms with Gasteiger partial charge in [0, 0.05) is 17.8 Å². The van der Waals surface area contributed by atoms with Gasteiger partial charge >= 0.3 is 0 Å². The number of hydrogen-bond donors (Lipinski definition) is 0. The molecule has 0 saturated carbocycles. The highest BCUT2D eigenvalue weighted by atomic mass is 79.9. The van der Waals surface area contributed by atoms with Gasteiger partial charge in [-0.3, -0.25) is 9.48 Å². The number of ketones is 1. The fourth-order valence-corrected chi connectivity index (χ4v) is 2.57. The van der Waals surface area contributed by atoms with Gasteiger partial charge in [0.15, 0.2) is 5.78 Å². The van der Waals surface area contributed by atoms with Crippen LogP contribution >= 0.6 is 15.9 Å². The van der Waals surface area contributed by atoms with Gasteiger partial charge in [0.25, 0.3) is 0 Å². The highest BCUT2D eigenvalue weighted by Crippen LogP contribution is 2.22. The van der Waals surface area contributed by atoms with Crippen molar-refractivity contribution in [2.24, 2.45) is 0 Å². The molecule has 0 aliphatic rings. The molecule has 0 bridgehead atoms. The van der Waals surface area contributed by atoms with Gasteiger partial charge in [-0.1, -0.05) is 19.1 Å². The second kappa shape index (κ2) is 6.31. The lowest BCUT2D eigenvalue weighted by Crippen LogP contribution is -2.10. The van der Waals surface area contributed by atoms with Crippen LogP contribution in [0.5, 0.6) is 0 Å². The monoisotopic (exact) mass is 338 g/mol. The van der Waals surface area contributed by atoms with Crippen molar-refractivity contribution in [3.05, 3.63) is 51.5 Å². The number of carbonyl (C=O) groups is 1. The number of halogens is 2. The average Bonchev–Trinajstić information content (AvgIpc) is 2.84. The SMILES string of the molecule is CCc1cc(CC(=O)c2cccc(F)c2Br)n(CC)n1. The number of nitrogens with zero attached hydrogens (tertiary/aromatic N) is 2. The van der Waals surface area contributed by atoms with Crippen molar-refractivity contribution in [3.8, 4) is 0 Å². The van der Waals surface area contributed by atoms with E-state index in [4.69, 9.17) is 0 Å². The summed E-state index contributed by atoms with van der Waals surface area (Å²) in [5, 5.41) is 4.41. The molecule has 5 heteroatoms. The maximum absolute atomic E-state index is 13.5. The zero-order valence-corrected chi connectivity index (χ0v) is 13.1. The van der Waals surface area contributed by atoms with E-state index in [9.17, 15) is 9.18 Å². The highest BCUT2D eigenvalue weighted by Gasteiger charge is 2.16. The first-order valence-corrected chi connectivity index (χ1v) is 7.38. The molecular weight excluding hydrogens is 323 g/mol. The molecule has 0 spiro atoms. The van der Waals surface area contributed by atoms with Crippen molar-refractivity contribution in [2.45, 2.75) is 33.2 Å². The van der Waals surface area contributed by atoms with Crippen LogP contribution in [0.4, 0.5) is 4.39 Å². The van der Waals surface area contributed by atoms with Crippen LogP contribution in [0.2, 0.25) is 0 Å². The smallest absolute Gasteiger partial charge is 0.170 e. The van der Waals surface area contributed by atoms with E-state index in [2.05, 4.69) is 21.0 Å². The molecule has 2 rings (SSSR count). The Kier molecular flexibility index (Phi) is 4.70. The molecule has 0 fully saturated rings. The molecule has 0 N–H and O–H groups in total. The summed E-state index contributed by atoms with van der Waals surface area (Å²) in [7, 11) is 0. The topological polar surface area (TPSA) is 34.9 Å². The van der Waals surface area contributed by atoms with Crippen LogP contribution in [0.15, 0.2) is 28.7 Å². The predicted molar refractivity (Wildman–Crippen MR) is 79.4 cm³/mol. The Balaban J connectivity index is 2.27. The predicted octanol–water partition coefficient (Wildman–Crippen LogP) is 3.79. The molecular formula is C15H16BrFN2O. The molecule has 0 amide bonds. The van der Waals surface area contributed by atoms with Gasteiger partial charge in [0.05, 0.1) is 16.6 Å². The number of aromatic nitrogens is 2. The number of benzene rings is 1. The minimum atomic E-state index is -0.422. The van der Waals surface area contributed by atoms with Gasteiger partial charge in [-0.15, -0.1) is 0 Å². The Bertz CT molecular complexity index is 637. The lowest BCUT2D eigenvalue weighted by Gasteiger charge is -2.06. The van der Waals surface area contributed by atoms with Crippen molar-refractivity contribution in [3.63, 3.8) is 0 Å². The van der Waals surface area contributed by atoms with E-state index >= 15 is 0 Å². The first-order valence-electron chi connectivity index (χ1n) is 6.59. The van der Waals surface area contributed by atoms with Gasteiger partial charge in [-0.05, 0) is 41.4 Å². The van der Waals surface area contributed by atoms with Gasteiger partial charge in [0.1, 0.15) is 5.82 Å². The summed E-state index contributed by atoms with van der Waals surface area (Å²) in [5.41, 5.74) is 2.20. The molecule has 0 aliphatic carbocycles. The van der Waals surface area contributed by atoms with E-state index in [0.717, 1.165) is 17.8 Å². The first-order chi connectivity index (χ1) is 9.56. The molecule has 20 heavy (non-hydrogen) atoms. The van der Waals surface area contributed by atoms with Gasteiger partial charge < -0.3 is 0 Å². The van der Waals surface area contributed by atoms with Crippen LogP contribution in [-0.4, -0.2) is 15.6 Å². The Labute approximate surface area is 125 Å². The molecule has 0 aliphatic heterocycles. The third kappa shape index (κ3) is 2.98. The Morgan fingerprint density at radius 1 is 1.40 bits per heavy atom. The van der Waals surface area contributed by atoms with Crippen molar-refractivity contribution >= 4 is 21.7 Å². The second-order valence-electron chi connectivity index (χ2n) is 4.50. The van der Waals surface area contributed by atoms with Crippen LogP contribution in [0.25, 0.3) is 0 Å². The van der Waals surface area contributed by atoms with E-state index in [0.29, 0.717) is 12.1 Å². The summed E-state index contributed by atoms with van der Waals surface area (Å²) in [5.74, 6) is -0.539. The summed E-state index contributed by atoms with van der Waals surface area (Å²) >= 11 is 3.13. The van der Waals surface area contributed by atoms with Crippen molar-refractivity contribution < 1.29 is 9.18 Å². The average molecular weight is 339 g/mol.